The SMILES string of the molecule is CC(N)CCC(=O)NCC1CCCCC1C. The lowest BCUT2D eigenvalue weighted by Crippen LogP contribution is -2.34. The van der Waals surface area contributed by atoms with Gasteiger partial charge in [0.15, 0.2) is 0 Å². The van der Waals surface area contributed by atoms with Crippen molar-refractivity contribution in [3.63, 3.8) is 0 Å². The lowest BCUT2D eigenvalue weighted by molar-refractivity contribution is -0.121. The first-order chi connectivity index (χ1) is 7.59. The van der Waals surface area contributed by atoms with Crippen LogP contribution in [0.15, 0.2) is 0 Å². The molecule has 1 saturated carbocycles. The topological polar surface area (TPSA) is 55.1 Å². The van der Waals surface area contributed by atoms with E-state index in [9.17, 15) is 4.79 Å². The first-order valence-corrected chi connectivity index (χ1v) is 6.62. The summed E-state index contributed by atoms with van der Waals surface area (Å²) in [5.41, 5.74) is 5.62. The molecule has 0 saturated heterocycles. The third-order valence-electron chi connectivity index (χ3n) is 3.68. The fourth-order valence-electron chi connectivity index (χ4n) is 2.39. The van der Waals surface area contributed by atoms with Crippen molar-refractivity contribution in [1.29, 1.82) is 0 Å². The Morgan fingerprint density at radius 3 is 2.75 bits per heavy atom. The minimum atomic E-state index is 0.124. The maximum atomic E-state index is 11.5. The summed E-state index contributed by atoms with van der Waals surface area (Å²) < 4.78 is 0. The second-order valence-electron chi connectivity index (χ2n) is 5.34. The quantitative estimate of drug-likeness (QED) is 0.754. The summed E-state index contributed by atoms with van der Waals surface area (Å²) in [6.45, 7) is 5.10. The molecule has 1 rings (SSSR count). The lowest BCUT2D eigenvalue weighted by atomic mass is 9.80. The van der Waals surface area contributed by atoms with Crippen LogP contribution in [0.2, 0.25) is 0 Å². The maximum absolute atomic E-state index is 11.5. The van der Waals surface area contributed by atoms with Crippen LogP contribution in [-0.2, 0) is 4.79 Å². The van der Waals surface area contributed by atoms with Crippen molar-refractivity contribution in [3.05, 3.63) is 0 Å². The van der Waals surface area contributed by atoms with E-state index >= 15 is 0 Å². The van der Waals surface area contributed by atoms with Crippen LogP contribution in [-0.4, -0.2) is 18.5 Å². The number of carbonyl (C=O) groups excluding carboxylic acids is 1. The molecule has 3 unspecified atom stereocenters. The number of carbonyl (C=O) groups is 1. The largest absolute Gasteiger partial charge is 0.356 e. The molecule has 0 aromatic rings. The van der Waals surface area contributed by atoms with Gasteiger partial charge in [0.05, 0.1) is 0 Å². The fraction of sp³-hybridized carbons (Fsp3) is 0.923. The Kier molecular flexibility index (Phi) is 5.81. The van der Waals surface area contributed by atoms with Crippen LogP contribution in [0.1, 0.15) is 52.4 Å². The number of nitrogens with one attached hydrogen (secondary N) is 1. The number of rotatable bonds is 5. The molecule has 1 amide bonds. The van der Waals surface area contributed by atoms with Crippen molar-refractivity contribution in [3.8, 4) is 0 Å². The smallest absolute Gasteiger partial charge is 0.220 e. The highest BCUT2D eigenvalue weighted by Crippen LogP contribution is 2.28. The van der Waals surface area contributed by atoms with E-state index in [0.29, 0.717) is 12.3 Å². The van der Waals surface area contributed by atoms with Crippen molar-refractivity contribution in [2.75, 3.05) is 6.54 Å². The van der Waals surface area contributed by atoms with Gasteiger partial charge in [0.25, 0.3) is 0 Å². The second kappa shape index (κ2) is 6.89. The molecule has 1 fully saturated rings. The Morgan fingerprint density at radius 1 is 1.44 bits per heavy atom. The van der Waals surface area contributed by atoms with Crippen LogP contribution in [0.5, 0.6) is 0 Å². The molecule has 16 heavy (non-hydrogen) atoms. The molecule has 0 aromatic carbocycles. The molecule has 3 nitrogen and oxygen atoms in total. The van der Waals surface area contributed by atoms with E-state index in [-0.39, 0.29) is 11.9 Å². The van der Waals surface area contributed by atoms with Crippen LogP contribution in [0, 0.1) is 11.8 Å². The molecule has 3 atom stereocenters. The van der Waals surface area contributed by atoms with Gasteiger partial charge in [-0.05, 0) is 31.6 Å². The number of hydrogen-bond donors (Lipinski definition) is 2. The highest BCUT2D eigenvalue weighted by atomic mass is 16.1. The molecule has 0 aliphatic heterocycles. The molecule has 0 radical (unpaired) electrons. The standard InChI is InChI=1S/C13H26N2O/c1-10-5-3-4-6-12(10)9-15-13(16)8-7-11(2)14/h10-12H,3-9,14H2,1-2H3,(H,15,16). The second-order valence-corrected chi connectivity index (χ2v) is 5.34. The molecule has 94 valence electrons. The molecule has 3 heteroatoms. The van der Waals surface area contributed by atoms with Crippen molar-refractivity contribution in [2.45, 2.75) is 58.4 Å². The van der Waals surface area contributed by atoms with Gasteiger partial charge >= 0.3 is 0 Å². The van der Waals surface area contributed by atoms with Gasteiger partial charge in [-0.15, -0.1) is 0 Å². The molecule has 3 N–H and O–H groups in total. The highest BCUT2D eigenvalue weighted by Gasteiger charge is 2.21. The van der Waals surface area contributed by atoms with E-state index in [1.807, 2.05) is 6.92 Å². The Morgan fingerprint density at radius 2 is 2.12 bits per heavy atom. The number of hydrogen-bond acceptors (Lipinski definition) is 2. The van der Waals surface area contributed by atoms with E-state index in [1.165, 1.54) is 25.7 Å². The molecule has 0 spiro atoms. The fourth-order valence-corrected chi connectivity index (χ4v) is 2.39. The summed E-state index contributed by atoms with van der Waals surface area (Å²) in [4.78, 5) is 11.5. The average Bonchev–Trinajstić information content (AvgIpc) is 2.25. The first kappa shape index (κ1) is 13.5. The third kappa shape index (κ3) is 4.97. The zero-order valence-corrected chi connectivity index (χ0v) is 10.7. The third-order valence-corrected chi connectivity index (χ3v) is 3.68. The molecule has 1 aliphatic rings. The molecular formula is C13H26N2O. The van der Waals surface area contributed by atoms with E-state index in [4.69, 9.17) is 5.73 Å². The monoisotopic (exact) mass is 226 g/mol. The van der Waals surface area contributed by atoms with Gasteiger partial charge in [-0.3, -0.25) is 4.79 Å². The minimum absolute atomic E-state index is 0.124. The van der Waals surface area contributed by atoms with Gasteiger partial charge in [0.1, 0.15) is 0 Å². The molecule has 0 aromatic heterocycles. The predicted molar refractivity (Wildman–Crippen MR) is 67.0 cm³/mol. The van der Waals surface area contributed by atoms with Crippen LogP contribution in [0.4, 0.5) is 0 Å². The van der Waals surface area contributed by atoms with Gasteiger partial charge < -0.3 is 11.1 Å². The maximum Gasteiger partial charge on any atom is 0.220 e. The van der Waals surface area contributed by atoms with Crippen LogP contribution < -0.4 is 11.1 Å². The molecule has 0 heterocycles. The molecule has 1 aliphatic carbocycles. The van der Waals surface area contributed by atoms with Gasteiger partial charge in [0, 0.05) is 19.0 Å². The van der Waals surface area contributed by atoms with Crippen molar-refractivity contribution in [1.82, 2.24) is 5.32 Å². The molecular weight excluding hydrogens is 200 g/mol. The van der Waals surface area contributed by atoms with Crippen LogP contribution in [0.3, 0.4) is 0 Å². The molecule has 0 bridgehead atoms. The summed E-state index contributed by atoms with van der Waals surface area (Å²) in [6, 6.07) is 0.124. The average molecular weight is 226 g/mol. The lowest BCUT2D eigenvalue weighted by Gasteiger charge is -2.28. The van der Waals surface area contributed by atoms with Crippen molar-refractivity contribution < 1.29 is 4.79 Å². The number of nitrogens with two attached hydrogens (primary N) is 1. The zero-order chi connectivity index (χ0) is 12.0. The number of amides is 1. The summed E-state index contributed by atoms with van der Waals surface area (Å²) in [6.07, 6.45) is 6.63. The van der Waals surface area contributed by atoms with E-state index < -0.39 is 0 Å². The van der Waals surface area contributed by atoms with Crippen LogP contribution >= 0.6 is 0 Å². The van der Waals surface area contributed by atoms with Gasteiger partial charge in [-0.1, -0.05) is 26.2 Å². The predicted octanol–water partition coefficient (Wildman–Crippen LogP) is 2.06. The van der Waals surface area contributed by atoms with Crippen LogP contribution in [0.25, 0.3) is 0 Å². The zero-order valence-electron chi connectivity index (χ0n) is 10.7. The Balaban J connectivity index is 2.15. The summed E-state index contributed by atoms with van der Waals surface area (Å²) in [5.74, 6) is 1.62. The Labute approximate surface area is 99.2 Å². The summed E-state index contributed by atoms with van der Waals surface area (Å²) >= 11 is 0. The first-order valence-electron chi connectivity index (χ1n) is 6.62. The highest BCUT2D eigenvalue weighted by molar-refractivity contribution is 5.75. The normalized spacial score (nSPS) is 27.4. The van der Waals surface area contributed by atoms with E-state index in [1.54, 1.807) is 0 Å². The summed E-state index contributed by atoms with van der Waals surface area (Å²) in [5, 5.41) is 3.04. The Hall–Kier alpha value is -0.570. The van der Waals surface area contributed by atoms with Gasteiger partial charge in [-0.2, -0.15) is 0 Å². The van der Waals surface area contributed by atoms with Gasteiger partial charge in [-0.25, -0.2) is 0 Å². The van der Waals surface area contributed by atoms with E-state index in [2.05, 4.69) is 12.2 Å². The van der Waals surface area contributed by atoms with Gasteiger partial charge in [0.2, 0.25) is 5.91 Å². The summed E-state index contributed by atoms with van der Waals surface area (Å²) in [7, 11) is 0. The van der Waals surface area contributed by atoms with Crippen molar-refractivity contribution in [2.24, 2.45) is 17.6 Å². The van der Waals surface area contributed by atoms with E-state index in [0.717, 1.165) is 18.9 Å². The minimum Gasteiger partial charge on any atom is -0.356 e. The Bertz CT molecular complexity index is 216. The van der Waals surface area contributed by atoms with Crippen molar-refractivity contribution >= 4 is 5.91 Å².